The molecule has 0 aromatic carbocycles. The highest BCUT2D eigenvalue weighted by Crippen LogP contribution is 2.30. The highest BCUT2D eigenvalue weighted by molar-refractivity contribution is 6.02. The molecule has 2 N–H and O–H groups in total. The Morgan fingerprint density at radius 1 is 1.56 bits per heavy atom. The summed E-state index contributed by atoms with van der Waals surface area (Å²) in [7, 11) is 0. The minimum atomic E-state index is -2.62. The molecule has 2 amide bonds. The molecule has 1 fully saturated rings. The SMILES string of the molecule is [2H]C([2H])([2H])NC(=O)c1nnccc1NC(=O)C1CC1. The van der Waals surface area contributed by atoms with E-state index in [9.17, 15) is 9.59 Å². The van der Waals surface area contributed by atoms with Crippen molar-refractivity contribution in [1.82, 2.24) is 15.5 Å². The second-order valence-electron chi connectivity index (χ2n) is 3.51. The van der Waals surface area contributed by atoms with Crippen molar-refractivity contribution < 1.29 is 13.7 Å². The Bertz CT molecular complexity index is 514. The standard InChI is InChI=1S/C10H12N4O2/c1-11-10(16)8-7(4-5-12-14-8)13-9(15)6-2-3-6/h4-6H,2-3H2,1H3,(H,11,16)(H,12,13,15)/i1D3. The molecule has 0 aliphatic heterocycles. The lowest BCUT2D eigenvalue weighted by atomic mass is 10.3. The zero-order valence-electron chi connectivity index (χ0n) is 11.4. The maximum Gasteiger partial charge on any atom is 0.273 e. The van der Waals surface area contributed by atoms with E-state index in [2.05, 4.69) is 15.5 Å². The van der Waals surface area contributed by atoms with E-state index in [1.807, 2.05) is 0 Å². The molecule has 6 nitrogen and oxygen atoms in total. The molecule has 6 heteroatoms. The molecule has 1 aromatic heterocycles. The normalized spacial score (nSPS) is 17.9. The molecule has 84 valence electrons. The number of carbonyl (C=O) groups excluding carboxylic acids is 2. The van der Waals surface area contributed by atoms with Crippen LogP contribution in [0.1, 0.15) is 27.4 Å². The second-order valence-corrected chi connectivity index (χ2v) is 3.51. The van der Waals surface area contributed by atoms with Gasteiger partial charge in [-0.15, -0.1) is 5.10 Å². The van der Waals surface area contributed by atoms with Gasteiger partial charge >= 0.3 is 0 Å². The van der Waals surface area contributed by atoms with E-state index in [-0.39, 0.29) is 23.2 Å². The van der Waals surface area contributed by atoms with E-state index in [1.54, 1.807) is 5.32 Å². The van der Waals surface area contributed by atoms with Crippen molar-refractivity contribution in [2.45, 2.75) is 12.8 Å². The molecular formula is C10H12N4O2. The summed E-state index contributed by atoms with van der Waals surface area (Å²) in [6.45, 7) is -2.62. The molecule has 1 aromatic rings. The van der Waals surface area contributed by atoms with Gasteiger partial charge in [0.2, 0.25) is 5.91 Å². The average Bonchev–Trinajstić information content (AvgIpc) is 3.10. The van der Waals surface area contributed by atoms with E-state index in [0.29, 0.717) is 0 Å². The average molecular weight is 223 g/mol. The smallest absolute Gasteiger partial charge is 0.273 e. The molecular weight excluding hydrogens is 208 g/mol. The zero-order valence-corrected chi connectivity index (χ0v) is 8.36. The molecule has 0 bridgehead atoms. The number of nitrogens with zero attached hydrogens (tertiary/aromatic N) is 2. The van der Waals surface area contributed by atoms with Gasteiger partial charge in [0.15, 0.2) is 5.69 Å². The van der Waals surface area contributed by atoms with Gasteiger partial charge in [-0.1, -0.05) is 0 Å². The highest BCUT2D eigenvalue weighted by Gasteiger charge is 2.30. The Balaban J connectivity index is 2.15. The molecule has 16 heavy (non-hydrogen) atoms. The van der Waals surface area contributed by atoms with Crippen molar-refractivity contribution in [3.63, 3.8) is 0 Å². The summed E-state index contributed by atoms with van der Waals surface area (Å²) in [4.78, 5) is 23.4. The van der Waals surface area contributed by atoms with Gasteiger partial charge < -0.3 is 10.6 Å². The number of aromatic nitrogens is 2. The molecule has 0 spiro atoms. The predicted molar refractivity (Wildman–Crippen MR) is 56.8 cm³/mol. The molecule has 0 saturated heterocycles. The van der Waals surface area contributed by atoms with Gasteiger partial charge in [-0.25, -0.2) is 0 Å². The van der Waals surface area contributed by atoms with Crippen molar-refractivity contribution in [2.24, 2.45) is 5.92 Å². The largest absolute Gasteiger partial charge is 0.354 e. The minimum Gasteiger partial charge on any atom is -0.354 e. The Labute approximate surface area is 96.7 Å². The topological polar surface area (TPSA) is 84.0 Å². The van der Waals surface area contributed by atoms with Crippen LogP contribution in [-0.4, -0.2) is 29.0 Å². The Kier molecular flexibility index (Phi) is 1.95. The maximum atomic E-state index is 11.7. The first kappa shape index (κ1) is 7.32. The van der Waals surface area contributed by atoms with Gasteiger partial charge in [-0.2, -0.15) is 5.10 Å². The minimum absolute atomic E-state index is 0.0355. The van der Waals surface area contributed by atoms with Crippen molar-refractivity contribution in [1.29, 1.82) is 0 Å². The van der Waals surface area contributed by atoms with Crippen LogP contribution in [-0.2, 0) is 4.79 Å². The van der Waals surface area contributed by atoms with Crippen molar-refractivity contribution >= 4 is 17.5 Å². The number of carbonyl (C=O) groups is 2. The van der Waals surface area contributed by atoms with Crippen LogP contribution in [0.3, 0.4) is 0 Å². The Hall–Kier alpha value is -1.98. The number of amides is 2. The van der Waals surface area contributed by atoms with Gasteiger partial charge in [0.05, 0.1) is 11.9 Å². The third kappa shape index (κ3) is 2.16. The van der Waals surface area contributed by atoms with Crippen LogP contribution >= 0.6 is 0 Å². The summed E-state index contributed by atoms with van der Waals surface area (Å²) < 4.78 is 20.9. The summed E-state index contributed by atoms with van der Waals surface area (Å²) in [6.07, 6.45) is 2.96. The van der Waals surface area contributed by atoms with E-state index in [0.717, 1.165) is 12.8 Å². The van der Waals surface area contributed by atoms with Gasteiger partial charge in [-0.3, -0.25) is 9.59 Å². The molecule has 1 aliphatic rings. The molecule has 0 radical (unpaired) electrons. The number of hydrogen-bond acceptors (Lipinski definition) is 4. The number of rotatable bonds is 3. The van der Waals surface area contributed by atoms with E-state index in [4.69, 9.17) is 4.11 Å². The van der Waals surface area contributed by atoms with Crippen LogP contribution in [0, 0.1) is 5.92 Å². The fourth-order valence-electron chi connectivity index (χ4n) is 1.24. The summed E-state index contributed by atoms with van der Waals surface area (Å²) in [6, 6.07) is 1.40. The molecule has 1 heterocycles. The van der Waals surface area contributed by atoms with Crippen LogP contribution < -0.4 is 10.6 Å². The van der Waals surface area contributed by atoms with Crippen molar-refractivity contribution in [3.05, 3.63) is 18.0 Å². The second kappa shape index (κ2) is 4.26. The van der Waals surface area contributed by atoms with Crippen LogP contribution in [0.2, 0.25) is 0 Å². The summed E-state index contributed by atoms with van der Waals surface area (Å²) in [5.41, 5.74) is -0.0544. The van der Waals surface area contributed by atoms with E-state index in [1.165, 1.54) is 12.3 Å². The first-order valence-corrected chi connectivity index (χ1v) is 4.82. The van der Waals surface area contributed by atoms with Crippen LogP contribution in [0.4, 0.5) is 5.69 Å². The molecule has 0 unspecified atom stereocenters. The Morgan fingerprint density at radius 3 is 3.06 bits per heavy atom. The third-order valence-corrected chi connectivity index (χ3v) is 2.26. The molecule has 1 aliphatic carbocycles. The monoisotopic (exact) mass is 223 g/mol. The first-order chi connectivity index (χ1) is 8.87. The van der Waals surface area contributed by atoms with Crippen molar-refractivity contribution in [2.75, 3.05) is 12.3 Å². The predicted octanol–water partition coefficient (Wildman–Crippen LogP) is 0.185. The zero-order chi connectivity index (χ0) is 14.0. The number of nitrogens with one attached hydrogen (secondary N) is 2. The van der Waals surface area contributed by atoms with Crippen LogP contribution in [0.15, 0.2) is 12.3 Å². The van der Waals surface area contributed by atoms with Crippen LogP contribution in [0.25, 0.3) is 0 Å². The molecule has 1 saturated carbocycles. The summed E-state index contributed by atoms with van der Waals surface area (Å²) in [5, 5.41) is 11.4. The number of hydrogen-bond donors (Lipinski definition) is 2. The lowest BCUT2D eigenvalue weighted by molar-refractivity contribution is -0.117. The fourth-order valence-corrected chi connectivity index (χ4v) is 1.24. The molecule has 2 rings (SSSR count). The quantitative estimate of drug-likeness (QED) is 0.765. The van der Waals surface area contributed by atoms with E-state index < -0.39 is 12.9 Å². The van der Waals surface area contributed by atoms with Gasteiger partial charge in [0, 0.05) is 17.0 Å². The lowest BCUT2D eigenvalue weighted by Crippen LogP contribution is -2.23. The number of anilines is 1. The Morgan fingerprint density at radius 2 is 2.38 bits per heavy atom. The first-order valence-electron chi connectivity index (χ1n) is 6.32. The summed E-state index contributed by atoms with van der Waals surface area (Å²) in [5.74, 6) is -1.14. The van der Waals surface area contributed by atoms with Crippen LogP contribution in [0.5, 0.6) is 0 Å². The van der Waals surface area contributed by atoms with Crippen molar-refractivity contribution in [3.8, 4) is 0 Å². The lowest BCUT2D eigenvalue weighted by Gasteiger charge is -2.07. The molecule has 0 atom stereocenters. The third-order valence-electron chi connectivity index (χ3n) is 2.26. The van der Waals surface area contributed by atoms with Gasteiger partial charge in [-0.05, 0) is 18.9 Å². The highest BCUT2D eigenvalue weighted by atomic mass is 16.2. The van der Waals surface area contributed by atoms with Gasteiger partial charge in [0.1, 0.15) is 0 Å². The van der Waals surface area contributed by atoms with E-state index >= 15 is 0 Å². The maximum absolute atomic E-state index is 11.7. The fraction of sp³-hybridized carbons (Fsp3) is 0.400. The summed E-state index contributed by atoms with van der Waals surface area (Å²) >= 11 is 0. The van der Waals surface area contributed by atoms with Gasteiger partial charge in [0.25, 0.3) is 5.91 Å².